The maximum absolute atomic E-state index is 5.41. The Kier molecular flexibility index (Phi) is 3.67. The summed E-state index contributed by atoms with van der Waals surface area (Å²) in [7, 11) is 1.72. The fourth-order valence-corrected chi connectivity index (χ4v) is 2.31. The van der Waals surface area contributed by atoms with Crippen LogP contribution < -0.4 is 10.1 Å². The fraction of sp³-hybridized carbons (Fsp3) is 0.643. The molecule has 1 aliphatic rings. The molecule has 3 nitrogen and oxygen atoms in total. The van der Waals surface area contributed by atoms with Gasteiger partial charge in [-0.05, 0) is 38.6 Å². The maximum Gasteiger partial charge on any atom is 0.128 e. The molecular formula is C14H22N2O. The molecule has 3 heteroatoms. The molecule has 1 aliphatic carbocycles. The fourth-order valence-electron chi connectivity index (χ4n) is 2.31. The molecule has 1 saturated carbocycles. The first-order valence-corrected chi connectivity index (χ1v) is 6.33. The van der Waals surface area contributed by atoms with Crippen molar-refractivity contribution in [2.24, 2.45) is 11.8 Å². The highest BCUT2D eigenvalue weighted by Gasteiger charge is 2.31. The number of nitrogens with one attached hydrogen (secondary N) is 1. The normalized spacial score (nSPS) is 22.6. The van der Waals surface area contributed by atoms with Crippen molar-refractivity contribution in [2.45, 2.75) is 33.7 Å². The van der Waals surface area contributed by atoms with Crippen molar-refractivity contribution in [3.63, 3.8) is 0 Å². The summed E-state index contributed by atoms with van der Waals surface area (Å²) in [4.78, 5) is 4.48. The summed E-state index contributed by atoms with van der Waals surface area (Å²) in [5.74, 6) is 2.75. The number of hydrogen-bond donors (Lipinski definition) is 1. The van der Waals surface area contributed by atoms with Crippen molar-refractivity contribution in [2.75, 3.05) is 13.7 Å². The average Bonchev–Trinajstić information content (AvgIpc) is 2.99. The zero-order valence-electron chi connectivity index (χ0n) is 11.2. The molecule has 1 aromatic rings. The smallest absolute Gasteiger partial charge is 0.128 e. The van der Waals surface area contributed by atoms with E-state index < -0.39 is 0 Å². The molecule has 1 aromatic heterocycles. The molecule has 0 aliphatic heterocycles. The molecular weight excluding hydrogens is 212 g/mol. The Morgan fingerprint density at radius 3 is 2.76 bits per heavy atom. The van der Waals surface area contributed by atoms with Crippen LogP contribution in [0.4, 0.5) is 0 Å². The van der Waals surface area contributed by atoms with Gasteiger partial charge >= 0.3 is 0 Å². The molecule has 2 unspecified atom stereocenters. The van der Waals surface area contributed by atoms with Crippen LogP contribution >= 0.6 is 0 Å². The van der Waals surface area contributed by atoms with Crippen molar-refractivity contribution in [1.82, 2.24) is 10.3 Å². The Morgan fingerprint density at radius 1 is 1.47 bits per heavy atom. The summed E-state index contributed by atoms with van der Waals surface area (Å²) in [6, 6.07) is 0. The van der Waals surface area contributed by atoms with Gasteiger partial charge in [-0.1, -0.05) is 6.92 Å². The first-order valence-electron chi connectivity index (χ1n) is 6.33. The van der Waals surface area contributed by atoms with Crippen molar-refractivity contribution in [3.8, 4) is 5.75 Å². The van der Waals surface area contributed by atoms with Crippen molar-refractivity contribution >= 4 is 0 Å². The Hall–Kier alpha value is -1.09. The van der Waals surface area contributed by atoms with Crippen LogP contribution in [0.5, 0.6) is 5.75 Å². The molecule has 94 valence electrons. The van der Waals surface area contributed by atoms with Gasteiger partial charge in [0, 0.05) is 23.9 Å². The Bertz CT molecular complexity index is 403. The molecule has 1 fully saturated rings. The van der Waals surface area contributed by atoms with Gasteiger partial charge in [0.2, 0.25) is 0 Å². The van der Waals surface area contributed by atoms with Gasteiger partial charge in [-0.3, -0.25) is 4.98 Å². The van der Waals surface area contributed by atoms with E-state index in [1.807, 2.05) is 13.1 Å². The van der Waals surface area contributed by atoms with Crippen LogP contribution in [0.3, 0.4) is 0 Å². The molecule has 0 bridgehead atoms. The van der Waals surface area contributed by atoms with Gasteiger partial charge < -0.3 is 10.1 Å². The Labute approximate surface area is 104 Å². The first-order chi connectivity index (χ1) is 8.13. The van der Waals surface area contributed by atoms with E-state index in [9.17, 15) is 0 Å². The zero-order chi connectivity index (χ0) is 12.4. The lowest BCUT2D eigenvalue weighted by Gasteiger charge is -2.12. The van der Waals surface area contributed by atoms with Crippen molar-refractivity contribution < 1.29 is 4.74 Å². The summed E-state index contributed by atoms with van der Waals surface area (Å²) in [6.45, 7) is 8.37. The van der Waals surface area contributed by atoms with E-state index in [0.29, 0.717) is 0 Å². The van der Waals surface area contributed by atoms with Crippen LogP contribution in [0.25, 0.3) is 0 Å². The largest absolute Gasteiger partial charge is 0.496 e. The molecule has 0 aromatic carbocycles. The van der Waals surface area contributed by atoms with E-state index in [4.69, 9.17) is 4.74 Å². The lowest BCUT2D eigenvalue weighted by Crippen LogP contribution is -2.18. The lowest BCUT2D eigenvalue weighted by atomic mass is 10.1. The van der Waals surface area contributed by atoms with Gasteiger partial charge in [0.05, 0.1) is 12.8 Å². The summed E-state index contributed by atoms with van der Waals surface area (Å²) in [5, 5.41) is 3.49. The summed E-state index contributed by atoms with van der Waals surface area (Å²) >= 11 is 0. The first kappa shape index (κ1) is 12.4. The van der Waals surface area contributed by atoms with Crippen LogP contribution in [0, 0.1) is 25.7 Å². The molecule has 0 amide bonds. The second-order valence-corrected chi connectivity index (χ2v) is 5.15. The monoisotopic (exact) mass is 234 g/mol. The lowest BCUT2D eigenvalue weighted by molar-refractivity contribution is 0.406. The molecule has 17 heavy (non-hydrogen) atoms. The van der Waals surface area contributed by atoms with Crippen LogP contribution in [0.15, 0.2) is 6.20 Å². The van der Waals surface area contributed by atoms with Gasteiger partial charge in [-0.15, -0.1) is 0 Å². The van der Waals surface area contributed by atoms with Gasteiger partial charge in [-0.2, -0.15) is 0 Å². The number of ether oxygens (including phenoxy) is 1. The minimum atomic E-state index is 0.839. The summed E-state index contributed by atoms with van der Waals surface area (Å²) < 4.78 is 5.41. The topological polar surface area (TPSA) is 34.1 Å². The van der Waals surface area contributed by atoms with E-state index in [1.165, 1.54) is 6.42 Å². The van der Waals surface area contributed by atoms with Gasteiger partial charge in [0.25, 0.3) is 0 Å². The van der Waals surface area contributed by atoms with E-state index >= 15 is 0 Å². The molecule has 2 atom stereocenters. The highest BCUT2D eigenvalue weighted by Crippen LogP contribution is 2.36. The highest BCUT2D eigenvalue weighted by molar-refractivity contribution is 5.40. The predicted octanol–water partition coefficient (Wildman–Crippen LogP) is 2.45. The number of nitrogens with zero attached hydrogens (tertiary/aromatic N) is 1. The van der Waals surface area contributed by atoms with Crippen molar-refractivity contribution in [1.29, 1.82) is 0 Å². The number of aromatic nitrogens is 1. The second kappa shape index (κ2) is 5.05. The molecule has 0 spiro atoms. The zero-order valence-corrected chi connectivity index (χ0v) is 11.2. The standard InChI is InChI=1S/C14H22N2O/c1-9-5-12(9)7-15-8-13-11(3)14(17-4)10(2)6-16-13/h6,9,12,15H,5,7-8H2,1-4H3. The van der Waals surface area contributed by atoms with E-state index in [-0.39, 0.29) is 0 Å². The van der Waals surface area contributed by atoms with Crippen LogP contribution in [-0.4, -0.2) is 18.6 Å². The highest BCUT2D eigenvalue weighted by atomic mass is 16.5. The summed E-state index contributed by atoms with van der Waals surface area (Å²) in [5.41, 5.74) is 3.36. The van der Waals surface area contributed by atoms with E-state index in [2.05, 4.69) is 24.1 Å². The quantitative estimate of drug-likeness (QED) is 0.849. The minimum absolute atomic E-state index is 0.839. The Balaban J connectivity index is 1.95. The second-order valence-electron chi connectivity index (χ2n) is 5.15. The van der Waals surface area contributed by atoms with E-state index in [0.717, 1.165) is 47.5 Å². The molecule has 1 N–H and O–H groups in total. The number of aryl methyl sites for hydroxylation is 1. The molecule has 1 heterocycles. The summed E-state index contributed by atoms with van der Waals surface area (Å²) in [6.07, 6.45) is 3.26. The number of rotatable bonds is 5. The van der Waals surface area contributed by atoms with Gasteiger partial charge in [-0.25, -0.2) is 0 Å². The van der Waals surface area contributed by atoms with Crippen molar-refractivity contribution in [3.05, 3.63) is 23.0 Å². The van der Waals surface area contributed by atoms with Crippen LogP contribution in [0.1, 0.15) is 30.2 Å². The molecule has 2 rings (SSSR count). The minimum Gasteiger partial charge on any atom is -0.496 e. The number of methoxy groups -OCH3 is 1. The third-order valence-corrected chi connectivity index (χ3v) is 3.72. The van der Waals surface area contributed by atoms with Crippen LogP contribution in [0.2, 0.25) is 0 Å². The number of pyridine rings is 1. The van der Waals surface area contributed by atoms with Crippen LogP contribution in [-0.2, 0) is 6.54 Å². The Morgan fingerprint density at radius 2 is 2.18 bits per heavy atom. The molecule has 0 radical (unpaired) electrons. The third-order valence-electron chi connectivity index (χ3n) is 3.72. The maximum atomic E-state index is 5.41. The van der Waals surface area contributed by atoms with Gasteiger partial charge in [0.15, 0.2) is 0 Å². The SMILES string of the molecule is COc1c(C)cnc(CNCC2CC2C)c1C. The molecule has 0 saturated heterocycles. The van der Waals surface area contributed by atoms with E-state index in [1.54, 1.807) is 7.11 Å². The number of hydrogen-bond acceptors (Lipinski definition) is 3. The third kappa shape index (κ3) is 2.78. The average molecular weight is 234 g/mol. The predicted molar refractivity (Wildman–Crippen MR) is 69.2 cm³/mol. The van der Waals surface area contributed by atoms with Gasteiger partial charge in [0.1, 0.15) is 5.75 Å².